The zero-order valence-electron chi connectivity index (χ0n) is 15.7. The molecule has 0 unspecified atom stereocenters. The second-order valence-electron chi connectivity index (χ2n) is 6.69. The van der Waals surface area contributed by atoms with Crippen LogP contribution in [0.5, 0.6) is 5.75 Å². The zero-order valence-corrected chi connectivity index (χ0v) is 15.7. The average Bonchev–Trinajstić information content (AvgIpc) is 3.08. The van der Waals surface area contributed by atoms with Gasteiger partial charge in [-0.05, 0) is 49.2 Å². The van der Waals surface area contributed by atoms with Gasteiger partial charge in [-0.1, -0.05) is 12.1 Å². The number of ether oxygens (including phenoxy) is 1. The van der Waals surface area contributed by atoms with Gasteiger partial charge in [-0.25, -0.2) is 4.98 Å². The Morgan fingerprint density at radius 3 is 2.96 bits per heavy atom. The van der Waals surface area contributed by atoms with Gasteiger partial charge in [-0.15, -0.1) is 0 Å². The highest BCUT2D eigenvalue weighted by molar-refractivity contribution is 5.94. The molecule has 1 aliphatic heterocycles. The molecule has 0 aliphatic carbocycles. The number of amides is 2. The van der Waals surface area contributed by atoms with Gasteiger partial charge < -0.3 is 19.9 Å². The molecule has 1 aliphatic rings. The lowest BCUT2D eigenvalue weighted by atomic mass is 10.0. The molecule has 0 saturated carbocycles. The number of rotatable bonds is 6. The van der Waals surface area contributed by atoms with Crippen LogP contribution >= 0.6 is 0 Å². The van der Waals surface area contributed by atoms with E-state index in [1.165, 1.54) is 0 Å². The lowest BCUT2D eigenvalue weighted by Crippen LogP contribution is -2.29. The van der Waals surface area contributed by atoms with Crippen LogP contribution in [0.15, 0.2) is 42.5 Å². The molecule has 0 saturated heterocycles. The lowest BCUT2D eigenvalue weighted by molar-refractivity contribution is -0.123. The predicted octanol–water partition coefficient (Wildman–Crippen LogP) is 2.64. The van der Waals surface area contributed by atoms with Crippen LogP contribution in [-0.4, -0.2) is 28.0 Å². The summed E-state index contributed by atoms with van der Waals surface area (Å²) in [4.78, 5) is 28.2. The topological polar surface area (TPSA) is 85.2 Å². The van der Waals surface area contributed by atoms with Gasteiger partial charge in [0.15, 0.2) is 6.61 Å². The quantitative estimate of drug-likeness (QED) is 0.691. The molecule has 0 radical (unpaired) electrons. The van der Waals surface area contributed by atoms with Crippen molar-refractivity contribution in [3.63, 3.8) is 0 Å². The van der Waals surface area contributed by atoms with Crippen LogP contribution in [0, 0.1) is 0 Å². The Hall–Kier alpha value is -3.35. The summed E-state index contributed by atoms with van der Waals surface area (Å²) < 4.78 is 7.70. The molecule has 0 bridgehead atoms. The number of carbonyl (C=O) groups excluding carboxylic acids is 2. The number of nitrogens with zero attached hydrogens (tertiary/aromatic N) is 2. The number of imidazole rings is 1. The molecule has 2 aromatic carbocycles. The van der Waals surface area contributed by atoms with Crippen LogP contribution in [0.3, 0.4) is 0 Å². The van der Waals surface area contributed by atoms with Crippen LogP contribution in [0.4, 0.5) is 5.69 Å². The Labute approximate surface area is 162 Å². The number of para-hydroxylation sites is 2. The van der Waals surface area contributed by atoms with Gasteiger partial charge in [0.05, 0.1) is 17.6 Å². The number of aromatic nitrogens is 2. The average molecular weight is 378 g/mol. The molecule has 3 aromatic rings. The van der Waals surface area contributed by atoms with Crippen LogP contribution in [0.2, 0.25) is 0 Å². The third-order valence-electron chi connectivity index (χ3n) is 4.84. The van der Waals surface area contributed by atoms with Crippen LogP contribution in [-0.2, 0) is 29.1 Å². The maximum atomic E-state index is 12.2. The van der Waals surface area contributed by atoms with Gasteiger partial charge in [0.1, 0.15) is 11.6 Å². The third kappa shape index (κ3) is 3.69. The maximum absolute atomic E-state index is 12.2. The second kappa shape index (κ2) is 7.72. The molecule has 28 heavy (non-hydrogen) atoms. The minimum atomic E-state index is -0.208. The first-order valence-corrected chi connectivity index (χ1v) is 9.40. The first-order chi connectivity index (χ1) is 13.6. The van der Waals surface area contributed by atoms with E-state index in [0.29, 0.717) is 25.1 Å². The summed E-state index contributed by atoms with van der Waals surface area (Å²) in [7, 11) is 0. The van der Waals surface area contributed by atoms with Crippen molar-refractivity contribution in [2.45, 2.75) is 32.9 Å². The molecular formula is C21H22N4O3. The van der Waals surface area contributed by atoms with Crippen LogP contribution in [0.25, 0.3) is 11.0 Å². The molecule has 4 rings (SSSR count). The minimum Gasteiger partial charge on any atom is -0.484 e. The number of aryl methyl sites for hydroxylation is 2. The molecule has 0 atom stereocenters. The largest absolute Gasteiger partial charge is 0.484 e. The van der Waals surface area contributed by atoms with Crippen molar-refractivity contribution >= 4 is 28.5 Å². The molecule has 0 spiro atoms. The van der Waals surface area contributed by atoms with E-state index in [2.05, 4.69) is 27.1 Å². The summed E-state index contributed by atoms with van der Waals surface area (Å²) in [6.45, 7) is 3.12. The molecule has 2 N–H and O–H groups in total. The van der Waals surface area contributed by atoms with Crippen molar-refractivity contribution in [2.24, 2.45) is 0 Å². The Morgan fingerprint density at radius 2 is 2.11 bits per heavy atom. The van der Waals surface area contributed by atoms with E-state index in [0.717, 1.165) is 34.7 Å². The summed E-state index contributed by atoms with van der Waals surface area (Å²) in [5.41, 5.74) is 3.82. The van der Waals surface area contributed by atoms with E-state index >= 15 is 0 Å². The SMILES string of the molecule is CCn1c(CNC(=O)COc2ccc3c(c2)CCC(=O)N3)nc2ccccc21. The number of fused-ring (bicyclic) bond motifs is 2. The Bertz CT molecular complexity index is 1040. The van der Waals surface area contributed by atoms with Gasteiger partial charge in [-0.2, -0.15) is 0 Å². The van der Waals surface area contributed by atoms with Gasteiger partial charge in [0, 0.05) is 18.7 Å². The number of hydrogen-bond donors (Lipinski definition) is 2. The highest BCUT2D eigenvalue weighted by atomic mass is 16.5. The smallest absolute Gasteiger partial charge is 0.258 e. The summed E-state index contributed by atoms with van der Waals surface area (Å²) in [5, 5.41) is 5.70. The van der Waals surface area contributed by atoms with E-state index < -0.39 is 0 Å². The van der Waals surface area contributed by atoms with Crippen molar-refractivity contribution in [1.82, 2.24) is 14.9 Å². The first-order valence-electron chi connectivity index (χ1n) is 9.40. The number of benzene rings is 2. The van der Waals surface area contributed by atoms with E-state index in [-0.39, 0.29) is 18.4 Å². The molecular weight excluding hydrogens is 356 g/mol. The Kier molecular flexibility index (Phi) is 4.97. The highest BCUT2D eigenvalue weighted by Crippen LogP contribution is 2.26. The van der Waals surface area contributed by atoms with E-state index in [4.69, 9.17) is 4.74 Å². The number of nitrogens with one attached hydrogen (secondary N) is 2. The molecule has 7 nitrogen and oxygen atoms in total. The Balaban J connectivity index is 1.35. The van der Waals surface area contributed by atoms with Crippen molar-refractivity contribution in [3.05, 3.63) is 53.9 Å². The summed E-state index contributed by atoms with van der Waals surface area (Å²) in [6.07, 6.45) is 1.15. The normalized spacial score (nSPS) is 13.1. The molecule has 144 valence electrons. The van der Waals surface area contributed by atoms with Gasteiger partial charge >= 0.3 is 0 Å². The van der Waals surface area contributed by atoms with Crippen molar-refractivity contribution < 1.29 is 14.3 Å². The number of carbonyl (C=O) groups is 2. The second-order valence-corrected chi connectivity index (χ2v) is 6.69. The molecule has 1 aromatic heterocycles. The highest BCUT2D eigenvalue weighted by Gasteiger charge is 2.15. The van der Waals surface area contributed by atoms with Crippen LogP contribution < -0.4 is 15.4 Å². The van der Waals surface area contributed by atoms with Crippen molar-refractivity contribution in [2.75, 3.05) is 11.9 Å². The van der Waals surface area contributed by atoms with Gasteiger partial charge in [0.25, 0.3) is 5.91 Å². The summed E-state index contributed by atoms with van der Waals surface area (Å²) >= 11 is 0. The zero-order chi connectivity index (χ0) is 19.5. The monoisotopic (exact) mass is 378 g/mol. The lowest BCUT2D eigenvalue weighted by Gasteiger charge is -2.17. The molecule has 2 heterocycles. The molecule has 7 heteroatoms. The predicted molar refractivity (Wildman–Crippen MR) is 106 cm³/mol. The van der Waals surface area contributed by atoms with E-state index in [1.54, 1.807) is 6.07 Å². The number of hydrogen-bond acceptors (Lipinski definition) is 4. The van der Waals surface area contributed by atoms with Crippen molar-refractivity contribution in [1.29, 1.82) is 0 Å². The van der Waals surface area contributed by atoms with Gasteiger partial charge in [0.2, 0.25) is 5.91 Å². The third-order valence-corrected chi connectivity index (χ3v) is 4.84. The fourth-order valence-electron chi connectivity index (χ4n) is 3.44. The fourth-order valence-corrected chi connectivity index (χ4v) is 3.44. The maximum Gasteiger partial charge on any atom is 0.258 e. The fraction of sp³-hybridized carbons (Fsp3) is 0.286. The van der Waals surface area contributed by atoms with Crippen LogP contribution in [0.1, 0.15) is 24.7 Å². The standard InChI is InChI=1S/C21H22N4O3/c1-2-25-18-6-4-3-5-17(18)23-19(25)12-22-21(27)13-28-15-8-9-16-14(11-15)7-10-20(26)24-16/h3-6,8-9,11H,2,7,10,12-13H2,1H3,(H,22,27)(H,24,26). The minimum absolute atomic E-state index is 0.0265. The number of anilines is 1. The summed E-state index contributed by atoms with van der Waals surface area (Å²) in [6, 6.07) is 13.4. The van der Waals surface area contributed by atoms with Gasteiger partial charge in [-0.3, -0.25) is 9.59 Å². The molecule has 2 amide bonds. The molecule has 0 fully saturated rings. The Morgan fingerprint density at radius 1 is 1.25 bits per heavy atom. The first kappa shape index (κ1) is 18.0. The van der Waals surface area contributed by atoms with Crippen molar-refractivity contribution in [3.8, 4) is 5.75 Å². The van der Waals surface area contributed by atoms with E-state index in [9.17, 15) is 9.59 Å². The van der Waals surface area contributed by atoms with E-state index in [1.807, 2.05) is 36.4 Å². The summed E-state index contributed by atoms with van der Waals surface area (Å²) in [5.74, 6) is 1.26.